The van der Waals surface area contributed by atoms with Crippen molar-refractivity contribution in [1.29, 1.82) is 0 Å². The summed E-state index contributed by atoms with van der Waals surface area (Å²) < 4.78 is 35.3. The van der Waals surface area contributed by atoms with Crippen LogP contribution < -0.4 is 14.2 Å². The highest BCUT2D eigenvalue weighted by molar-refractivity contribution is 8.18. The molecule has 0 aromatic heterocycles. The second-order valence-electron chi connectivity index (χ2n) is 5.61. The fourth-order valence-electron chi connectivity index (χ4n) is 2.29. The summed E-state index contributed by atoms with van der Waals surface area (Å²) in [5, 5.41) is 1.72. The number of carbonyl (C=O) groups excluding carboxylic acids is 2. The number of amides is 2. The molecule has 27 heavy (non-hydrogen) atoms. The lowest BCUT2D eigenvalue weighted by atomic mass is 10.2. The Labute approximate surface area is 160 Å². The third kappa shape index (κ3) is 4.32. The fraction of sp³-hybridized carbons (Fsp3) is 0.111. The van der Waals surface area contributed by atoms with Crippen molar-refractivity contribution in [3.05, 3.63) is 58.5 Å². The zero-order valence-corrected chi connectivity index (χ0v) is 16.0. The van der Waals surface area contributed by atoms with E-state index >= 15 is 0 Å². The van der Waals surface area contributed by atoms with Gasteiger partial charge in [-0.2, -0.15) is 8.42 Å². The summed E-state index contributed by atoms with van der Waals surface area (Å²) in [6.45, 7) is 1.85. The SMILES string of the molecule is COc1cc(/C=C2\SC(=O)NC2=O)ccc1OS(=O)(=O)c1ccc(C)cc1. The van der Waals surface area contributed by atoms with Gasteiger partial charge < -0.3 is 8.92 Å². The number of imide groups is 1. The van der Waals surface area contributed by atoms with Crippen LogP contribution in [-0.4, -0.2) is 26.7 Å². The molecule has 1 heterocycles. The molecule has 3 rings (SSSR count). The highest BCUT2D eigenvalue weighted by Crippen LogP contribution is 2.33. The van der Waals surface area contributed by atoms with E-state index in [0.717, 1.165) is 17.3 Å². The molecule has 0 atom stereocenters. The largest absolute Gasteiger partial charge is 0.493 e. The minimum atomic E-state index is -4.02. The Morgan fingerprint density at radius 1 is 1.04 bits per heavy atom. The van der Waals surface area contributed by atoms with Crippen LogP contribution in [0.4, 0.5) is 4.79 Å². The first kappa shape index (κ1) is 19.0. The molecule has 1 aliphatic rings. The van der Waals surface area contributed by atoms with Crippen LogP contribution in [0.2, 0.25) is 0 Å². The molecule has 140 valence electrons. The maximum Gasteiger partial charge on any atom is 0.339 e. The summed E-state index contributed by atoms with van der Waals surface area (Å²) >= 11 is 0.788. The zero-order valence-electron chi connectivity index (χ0n) is 14.4. The van der Waals surface area contributed by atoms with Gasteiger partial charge in [0.15, 0.2) is 11.5 Å². The van der Waals surface area contributed by atoms with Crippen LogP contribution in [0.25, 0.3) is 6.08 Å². The van der Waals surface area contributed by atoms with Gasteiger partial charge in [-0.15, -0.1) is 0 Å². The van der Waals surface area contributed by atoms with Gasteiger partial charge in [-0.1, -0.05) is 23.8 Å². The third-order valence-corrected chi connectivity index (χ3v) is 5.70. The molecule has 1 saturated heterocycles. The van der Waals surface area contributed by atoms with Gasteiger partial charge in [0.25, 0.3) is 11.1 Å². The van der Waals surface area contributed by atoms with Gasteiger partial charge in [-0.05, 0) is 54.6 Å². The van der Waals surface area contributed by atoms with Gasteiger partial charge in [0.2, 0.25) is 0 Å². The molecule has 7 nitrogen and oxygen atoms in total. The van der Waals surface area contributed by atoms with Gasteiger partial charge in [0.1, 0.15) is 4.90 Å². The molecule has 0 aliphatic carbocycles. The molecule has 0 saturated carbocycles. The zero-order chi connectivity index (χ0) is 19.6. The molecule has 9 heteroatoms. The number of ether oxygens (including phenoxy) is 1. The monoisotopic (exact) mass is 405 g/mol. The van der Waals surface area contributed by atoms with Crippen molar-refractivity contribution >= 4 is 39.1 Å². The van der Waals surface area contributed by atoms with E-state index in [1.165, 1.54) is 37.5 Å². The minimum absolute atomic E-state index is 0.0137. The fourth-order valence-corrected chi connectivity index (χ4v) is 3.91. The lowest BCUT2D eigenvalue weighted by Gasteiger charge is -2.11. The van der Waals surface area contributed by atoms with Crippen molar-refractivity contribution < 1.29 is 26.9 Å². The van der Waals surface area contributed by atoms with E-state index in [9.17, 15) is 18.0 Å². The van der Waals surface area contributed by atoms with Crippen LogP contribution in [0.5, 0.6) is 11.5 Å². The first-order valence-electron chi connectivity index (χ1n) is 7.72. The van der Waals surface area contributed by atoms with Crippen LogP contribution >= 0.6 is 11.8 Å². The highest BCUT2D eigenvalue weighted by atomic mass is 32.2. The Balaban J connectivity index is 1.89. The van der Waals surface area contributed by atoms with E-state index in [4.69, 9.17) is 8.92 Å². The maximum atomic E-state index is 12.4. The molecule has 0 unspecified atom stereocenters. The topological polar surface area (TPSA) is 98.8 Å². The summed E-state index contributed by atoms with van der Waals surface area (Å²) in [5.41, 5.74) is 1.48. The van der Waals surface area contributed by atoms with Gasteiger partial charge in [-0.25, -0.2) is 0 Å². The summed E-state index contributed by atoms with van der Waals surface area (Å²) in [4.78, 5) is 23.1. The molecular weight excluding hydrogens is 390 g/mol. The number of methoxy groups -OCH3 is 1. The van der Waals surface area contributed by atoms with Crippen LogP contribution in [0.15, 0.2) is 52.3 Å². The summed E-state index contributed by atoms with van der Waals surface area (Å²) in [6, 6.07) is 10.8. The van der Waals surface area contributed by atoms with Crippen LogP contribution in [0.3, 0.4) is 0 Å². The maximum absolute atomic E-state index is 12.4. The molecule has 0 bridgehead atoms. The van der Waals surface area contributed by atoms with Crippen LogP contribution in [-0.2, 0) is 14.9 Å². The smallest absolute Gasteiger partial charge is 0.339 e. The molecule has 0 spiro atoms. The van der Waals surface area contributed by atoms with E-state index < -0.39 is 21.3 Å². The first-order chi connectivity index (χ1) is 12.8. The van der Waals surface area contributed by atoms with Gasteiger partial charge in [0.05, 0.1) is 12.0 Å². The number of carbonyl (C=O) groups is 2. The van der Waals surface area contributed by atoms with E-state index in [1.807, 2.05) is 6.92 Å². The number of aryl methyl sites for hydroxylation is 1. The van der Waals surface area contributed by atoms with Crippen molar-refractivity contribution in [2.45, 2.75) is 11.8 Å². The predicted molar refractivity (Wildman–Crippen MR) is 101 cm³/mol. The summed E-state index contributed by atoms with van der Waals surface area (Å²) in [5.74, 6) is -0.291. The highest BCUT2D eigenvalue weighted by Gasteiger charge is 2.25. The van der Waals surface area contributed by atoms with E-state index in [-0.39, 0.29) is 21.3 Å². The van der Waals surface area contributed by atoms with Crippen molar-refractivity contribution in [3.8, 4) is 11.5 Å². The lowest BCUT2D eigenvalue weighted by molar-refractivity contribution is -0.115. The predicted octanol–water partition coefficient (Wildman–Crippen LogP) is 3.10. The lowest BCUT2D eigenvalue weighted by Crippen LogP contribution is -2.17. The van der Waals surface area contributed by atoms with Crippen LogP contribution in [0.1, 0.15) is 11.1 Å². The average molecular weight is 405 g/mol. The van der Waals surface area contributed by atoms with Gasteiger partial charge >= 0.3 is 10.1 Å². The first-order valence-corrected chi connectivity index (χ1v) is 9.95. The Morgan fingerprint density at radius 3 is 2.33 bits per heavy atom. The Hall–Kier alpha value is -2.78. The Morgan fingerprint density at radius 2 is 1.74 bits per heavy atom. The number of nitrogens with one attached hydrogen (secondary N) is 1. The average Bonchev–Trinajstić information content (AvgIpc) is 2.93. The standard InChI is InChI=1S/C18H15NO6S2/c1-11-3-6-13(7-4-11)27(22,23)25-14-8-5-12(9-15(14)24-2)10-16-17(20)19-18(21)26-16/h3-10H,1-2H3,(H,19,20,21)/b16-10-. The van der Waals surface area contributed by atoms with Crippen LogP contribution in [0, 0.1) is 6.92 Å². The van der Waals surface area contributed by atoms with Crippen molar-refractivity contribution in [2.75, 3.05) is 7.11 Å². The number of thioether (sulfide) groups is 1. The number of hydrogen-bond donors (Lipinski definition) is 1. The summed E-state index contributed by atoms with van der Waals surface area (Å²) in [6.07, 6.45) is 1.51. The van der Waals surface area contributed by atoms with E-state index in [2.05, 4.69) is 5.32 Å². The molecule has 1 N–H and O–H groups in total. The van der Waals surface area contributed by atoms with Gasteiger partial charge in [0, 0.05) is 0 Å². The molecule has 1 fully saturated rings. The van der Waals surface area contributed by atoms with Crippen molar-refractivity contribution in [2.24, 2.45) is 0 Å². The Kier molecular flexibility index (Phi) is 5.24. The van der Waals surface area contributed by atoms with Crippen molar-refractivity contribution in [1.82, 2.24) is 5.32 Å². The third-order valence-electron chi connectivity index (χ3n) is 3.64. The van der Waals surface area contributed by atoms with E-state index in [0.29, 0.717) is 5.56 Å². The molecule has 2 aromatic rings. The molecular formula is C18H15NO6S2. The van der Waals surface area contributed by atoms with Gasteiger partial charge in [-0.3, -0.25) is 14.9 Å². The Bertz CT molecular complexity index is 1040. The second kappa shape index (κ2) is 7.45. The number of hydrogen-bond acceptors (Lipinski definition) is 7. The normalized spacial score (nSPS) is 15.7. The molecule has 1 aliphatic heterocycles. The van der Waals surface area contributed by atoms with E-state index in [1.54, 1.807) is 18.2 Å². The summed E-state index contributed by atoms with van der Waals surface area (Å²) in [7, 11) is -2.65. The molecule has 0 radical (unpaired) electrons. The second-order valence-corrected chi connectivity index (χ2v) is 8.17. The molecule has 2 aromatic carbocycles. The minimum Gasteiger partial charge on any atom is -0.493 e. The quantitative estimate of drug-likeness (QED) is 0.603. The number of benzene rings is 2. The number of rotatable bonds is 5. The van der Waals surface area contributed by atoms with Crippen molar-refractivity contribution in [3.63, 3.8) is 0 Å². The molecule has 2 amide bonds.